The van der Waals surface area contributed by atoms with Crippen LogP contribution in [0.1, 0.15) is 77.9 Å². The second-order valence-corrected chi connectivity index (χ2v) is 40.6. The summed E-state index contributed by atoms with van der Waals surface area (Å²) in [7, 11) is 0. The second kappa shape index (κ2) is 39.2. The van der Waals surface area contributed by atoms with Gasteiger partial charge in [-0.05, 0) is 383 Å². The Labute approximate surface area is 875 Å². The Morgan fingerprint density at radius 2 is 0.353 bits per heavy atom. The van der Waals surface area contributed by atoms with Crippen LogP contribution < -0.4 is 19.6 Å². The van der Waals surface area contributed by atoms with Gasteiger partial charge in [0, 0.05) is 66.5 Å². The van der Waals surface area contributed by atoms with Gasteiger partial charge in [0.25, 0.3) is 0 Å². The Hall–Kier alpha value is -17.7. The molecule has 4 nitrogen and oxygen atoms in total. The Kier molecular flexibility index (Phi) is 25.1. The summed E-state index contributed by atoms with van der Waals surface area (Å²) in [5, 5.41) is 12.3. The van der Waals surface area contributed by atoms with Crippen molar-refractivity contribution in [2.24, 2.45) is 0 Å². The lowest BCUT2D eigenvalue weighted by Gasteiger charge is -2.33. The third-order valence-corrected chi connectivity index (χ3v) is 31.1. The predicted molar refractivity (Wildman–Crippen MR) is 629 cm³/mol. The first-order chi connectivity index (χ1) is 72.9. The maximum absolute atomic E-state index is 18.2. The van der Waals surface area contributed by atoms with Crippen molar-refractivity contribution in [1.82, 2.24) is 0 Å². The van der Waals surface area contributed by atoms with Crippen LogP contribution >= 0.6 is 0 Å². The van der Waals surface area contributed by atoms with Crippen LogP contribution in [0.15, 0.2) is 425 Å². The second-order valence-electron chi connectivity index (χ2n) is 40.6. The van der Waals surface area contributed by atoms with Gasteiger partial charge in [0.15, 0.2) is 0 Å². The molecule has 0 aromatic heterocycles. The highest BCUT2D eigenvalue weighted by atomic mass is 19.1. The minimum atomic E-state index is -0.328. The van der Waals surface area contributed by atoms with Crippen molar-refractivity contribution in [3.63, 3.8) is 0 Å². The molecule has 0 radical (unpaired) electrons. The first-order valence-corrected chi connectivity index (χ1v) is 51.6. The Balaban J connectivity index is 0.000000164. The zero-order valence-electron chi connectivity index (χ0n) is 86.7. The fourth-order valence-corrected chi connectivity index (χ4v) is 23.0. The number of benzene rings is 24. The molecule has 0 N–H and O–H groups in total. The van der Waals surface area contributed by atoms with Gasteiger partial charge < -0.3 is 19.6 Å². The molecule has 0 amide bonds. The van der Waals surface area contributed by atoms with Crippen molar-refractivity contribution in [2.45, 2.75) is 96.9 Å². The van der Waals surface area contributed by atoms with Crippen molar-refractivity contribution in [3.8, 4) is 89.0 Å². The average molecular weight is 1950 g/mol. The largest absolute Gasteiger partial charge is 0.307 e. The van der Waals surface area contributed by atoms with Gasteiger partial charge in [-0.25, -0.2) is 17.6 Å². The highest BCUT2D eigenvalue weighted by Gasteiger charge is 2.35. The van der Waals surface area contributed by atoms with E-state index in [2.05, 4.69) is 420 Å². The summed E-state index contributed by atoms with van der Waals surface area (Å²) >= 11 is 0. The molecule has 24 aromatic carbocycles. The molecule has 150 heavy (non-hydrogen) atoms. The molecule has 0 saturated heterocycles. The molecular weight excluding hydrogens is 1840 g/mol. The van der Waals surface area contributed by atoms with Gasteiger partial charge >= 0.3 is 0 Å². The fourth-order valence-electron chi connectivity index (χ4n) is 23.0. The summed E-state index contributed by atoms with van der Waals surface area (Å²) in [4.78, 5) is 8.55. The van der Waals surface area contributed by atoms with Gasteiger partial charge in [0.1, 0.15) is 23.3 Å². The standard InChI is InChI=1S/C72H58F2N2.C70H54F2N2/c1-43-23-17-29-65(49(43)7)75(71-61(57-27-15-11-21-47(57)5)39-53(41-63(71)73)55-25-13-9-19-45(55)3)67-37-33-51-32-36-60-68(38-34-52-31-35-59(67)69(51)70(52)60)76(66-30-18-24-44(2)50(66)8)72-62(58-28-16-12-22-48(58)6)40-54(42-64(72)74)56-26-14-10-20-46(56)4;1-43-23-31-53(32-24-43)73(69-61(57-21-13-9-17-47(57)5)39-51(41-63(69)71)55-19-11-7-15-45(55)3)65-37-29-49-28-36-60-66(38-30-50-27-35-59(65)67(49)68(50)60)74(54-33-25-44(2)26-34-54)70-62(58-22-14-10-18-48(58)6)40-52(42-64(70)72)56-20-12-8-16-46(56)4/h9-42H,1-8H3;7-42H,1-6H3. The lowest BCUT2D eigenvalue weighted by molar-refractivity contribution is 0.629. The SMILES string of the molecule is Cc1ccc(N(c2c(F)cc(-c3ccccc3C)cc2-c2ccccc2C)c2ccc3ccc4c(N(c5ccc(C)cc5)c5c(F)cc(-c6ccccc6C)cc5-c5ccccc5C)ccc5ccc2c3c54)cc1.Cc1ccccc1-c1cc(F)c(N(c2cccc(C)c2C)c2ccc3ccc4c(N(c5cccc(C)c5C)c5c(F)cc(-c6ccccc6C)cc5-c5ccccc5C)ccc5ccc2c3c54)c(-c2ccccc2C)c1. The molecule has 0 saturated carbocycles. The van der Waals surface area contributed by atoms with E-state index >= 15 is 17.6 Å². The quantitative estimate of drug-likeness (QED) is 0.0557. The lowest BCUT2D eigenvalue weighted by atomic mass is 9.89. The van der Waals surface area contributed by atoms with Crippen molar-refractivity contribution in [2.75, 3.05) is 19.6 Å². The number of hydrogen-bond acceptors (Lipinski definition) is 4. The molecule has 0 heterocycles. The molecule has 0 aliphatic rings. The van der Waals surface area contributed by atoms with Crippen LogP contribution in [-0.4, -0.2) is 0 Å². The summed E-state index contributed by atoms with van der Waals surface area (Å²) in [6, 6.07) is 145. The third kappa shape index (κ3) is 17.0. The number of rotatable bonds is 20. The molecule has 0 fully saturated rings. The average Bonchev–Trinajstić information content (AvgIpc) is 0.712. The number of nitrogens with zero attached hydrogens (tertiary/aromatic N) is 4. The minimum Gasteiger partial charge on any atom is -0.307 e. The van der Waals surface area contributed by atoms with Gasteiger partial charge in [-0.15, -0.1) is 0 Å². The Bertz CT molecular complexity index is 8920. The number of halogens is 4. The van der Waals surface area contributed by atoms with E-state index in [1.807, 2.05) is 97.1 Å². The smallest absolute Gasteiger partial charge is 0.148 e. The highest BCUT2D eigenvalue weighted by Crippen LogP contribution is 2.58. The topological polar surface area (TPSA) is 13.0 Å². The molecule has 728 valence electrons. The summed E-state index contributed by atoms with van der Waals surface area (Å²) < 4.78 is 72.4. The summed E-state index contributed by atoms with van der Waals surface area (Å²) in [5.41, 5.74) is 38.0. The minimum absolute atomic E-state index is 0.322. The van der Waals surface area contributed by atoms with Gasteiger partial charge in [-0.3, -0.25) is 0 Å². The van der Waals surface area contributed by atoms with E-state index < -0.39 is 0 Å². The van der Waals surface area contributed by atoms with Crippen molar-refractivity contribution in [3.05, 3.63) is 526 Å². The molecule has 0 atom stereocenters. The van der Waals surface area contributed by atoms with Gasteiger partial charge in [-0.2, -0.15) is 0 Å². The molecule has 0 spiro atoms. The zero-order valence-corrected chi connectivity index (χ0v) is 86.7. The van der Waals surface area contributed by atoms with E-state index in [9.17, 15) is 0 Å². The lowest BCUT2D eigenvalue weighted by Crippen LogP contribution is -2.16. The summed E-state index contributed by atoms with van der Waals surface area (Å²) in [6.07, 6.45) is 0. The zero-order chi connectivity index (χ0) is 103. The highest BCUT2D eigenvalue weighted by molar-refractivity contribution is 6.30. The normalized spacial score (nSPS) is 11.5. The van der Waals surface area contributed by atoms with Crippen LogP contribution in [-0.2, 0) is 0 Å². The maximum Gasteiger partial charge on any atom is 0.148 e. The molecule has 0 unspecified atom stereocenters. The first-order valence-electron chi connectivity index (χ1n) is 51.6. The molecule has 24 rings (SSSR count). The Morgan fingerprint density at radius 3 is 0.587 bits per heavy atom. The van der Waals surface area contributed by atoms with Crippen LogP contribution in [0.3, 0.4) is 0 Å². The van der Waals surface area contributed by atoms with Crippen LogP contribution in [0, 0.1) is 120 Å². The molecular formula is C142H112F4N4. The fraction of sp³-hybridized carbons (Fsp3) is 0.0986. The van der Waals surface area contributed by atoms with E-state index in [-0.39, 0.29) is 23.3 Å². The third-order valence-electron chi connectivity index (χ3n) is 31.1. The van der Waals surface area contributed by atoms with Crippen molar-refractivity contribution < 1.29 is 17.6 Å². The van der Waals surface area contributed by atoms with Crippen molar-refractivity contribution in [1.29, 1.82) is 0 Å². The van der Waals surface area contributed by atoms with Crippen molar-refractivity contribution >= 4 is 133 Å². The molecule has 24 aromatic rings. The van der Waals surface area contributed by atoms with Gasteiger partial charge in [0.05, 0.1) is 45.5 Å². The molecule has 0 aliphatic heterocycles. The molecule has 0 aliphatic carbocycles. The number of aryl methyl sites for hydroxylation is 12. The summed E-state index contributed by atoms with van der Waals surface area (Å²) in [5.74, 6) is -1.30. The monoisotopic (exact) mass is 1950 g/mol. The van der Waals surface area contributed by atoms with Gasteiger partial charge in [0.2, 0.25) is 0 Å². The van der Waals surface area contributed by atoms with Crippen LogP contribution in [0.25, 0.3) is 154 Å². The van der Waals surface area contributed by atoms with Gasteiger partial charge in [-0.1, -0.05) is 327 Å². The van der Waals surface area contributed by atoms with E-state index in [1.165, 1.54) is 0 Å². The van der Waals surface area contributed by atoms with Crippen LogP contribution in [0.2, 0.25) is 0 Å². The molecule has 8 heteroatoms. The molecule has 0 bridgehead atoms. The van der Waals surface area contributed by atoms with Crippen LogP contribution in [0.4, 0.5) is 85.8 Å². The summed E-state index contributed by atoms with van der Waals surface area (Å²) in [6.45, 7) is 29.3. The van der Waals surface area contributed by atoms with E-state index in [0.717, 1.165) is 277 Å². The Morgan fingerprint density at radius 1 is 0.153 bits per heavy atom. The maximum atomic E-state index is 18.2. The predicted octanol–water partition coefficient (Wildman–Crippen LogP) is 41.3. The number of hydrogen-bond donors (Lipinski definition) is 0. The first kappa shape index (κ1) is 95.8. The van der Waals surface area contributed by atoms with Crippen LogP contribution in [0.5, 0.6) is 0 Å². The number of anilines is 12. The van der Waals surface area contributed by atoms with E-state index in [4.69, 9.17) is 0 Å². The van der Waals surface area contributed by atoms with E-state index in [0.29, 0.717) is 22.7 Å². The van der Waals surface area contributed by atoms with E-state index in [1.54, 1.807) is 24.3 Å².